The Labute approximate surface area is 79.5 Å². The zero-order chi connectivity index (χ0) is 11.1. The Bertz CT molecular complexity index is 275. The number of imide groups is 1. The fourth-order valence-corrected chi connectivity index (χ4v) is 1.42. The van der Waals surface area contributed by atoms with Crippen molar-refractivity contribution in [2.75, 3.05) is 7.11 Å². The molecule has 0 radical (unpaired) electrons. The first-order valence-electron chi connectivity index (χ1n) is 3.88. The Balaban J connectivity index is 3.09. The Morgan fingerprint density at radius 3 is 2.36 bits per heavy atom. The van der Waals surface area contributed by atoms with Crippen molar-refractivity contribution >= 4 is 11.8 Å². The van der Waals surface area contributed by atoms with Crippen LogP contribution in [0.2, 0.25) is 0 Å². The Morgan fingerprint density at radius 2 is 1.93 bits per heavy atom. The number of aliphatic hydroxyl groups is 2. The van der Waals surface area contributed by atoms with Crippen molar-refractivity contribution in [1.82, 2.24) is 5.06 Å². The summed E-state index contributed by atoms with van der Waals surface area (Å²) in [5.74, 6) is -6.33. The predicted octanol–water partition coefficient (Wildman–Crippen LogP) is -1.92. The minimum Gasteiger partial charge on any atom is -0.374 e. The number of carbonyl (C=O) groups excluding carboxylic acids is 2. The minimum absolute atomic E-state index is 0.305. The summed E-state index contributed by atoms with van der Waals surface area (Å²) in [5, 5.41) is 27.2. The van der Waals surface area contributed by atoms with Crippen LogP contribution in [0.4, 0.5) is 0 Å². The molecule has 80 valence electrons. The lowest BCUT2D eigenvalue weighted by Crippen LogP contribution is -2.66. The van der Waals surface area contributed by atoms with Gasteiger partial charge in [0.25, 0.3) is 11.7 Å². The molecular formula is C7H11NO6. The van der Waals surface area contributed by atoms with Crippen LogP contribution >= 0.6 is 0 Å². The number of nitrogens with zero attached hydrogens (tertiary/aromatic N) is 1. The molecule has 0 aromatic carbocycles. The van der Waals surface area contributed by atoms with Gasteiger partial charge in [-0.1, -0.05) is 6.92 Å². The van der Waals surface area contributed by atoms with Crippen LogP contribution in [0.25, 0.3) is 0 Å². The molecule has 0 aromatic heterocycles. The molecule has 0 saturated carbocycles. The Morgan fingerprint density at radius 1 is 1.43 bits per heavy atom. The fraction of sp³-hybridized carbons (Fsp3) is 0.714. The molecule has 0 spiro atoms. The van der Waals surface area contributed by atoms with E-state index in [0.29, 0.717) is 0 Å². The molecule has 0 bridgehead atoms. The highest BCUT2D eigenvalue weighted by atomic mass is 16.6. The standard InChI is InChI=1S/C7H11NO6/c1-3-4(14-2)7(11,12)6(10)8(13)5(3)9/h3-4,11-13H,1-2H3. The van der Waals surface area contributed by atoms with Crippen molar-refractivity contribution in [1.29, 1.82) is 0 Å². The van der Waals surface area contributed by atoms with Crippen molar-refractivity contribution in [3.8, 4) is 0 Å². The van der Waals surface area contributed by atoms with Crippen LogP contribution in [-0.4, -0.2) is 51.3 Å². The highest BCUT2D eigenvalue weighted by molar-refractivity contribution is 6.01. The second kappa shape index (κ2) is 3.28. The van der Waals surface area contributed by atoms with E-state index in [0.717, 1.165) is 7.11 Å². The van der Waals surface area contributed by atoms with Crippen LogP contribution < -0.4 is 0 Å². The largest absolute Gasteiger partial charge is 0.374 e. The van der Waals surface area contributed by atoms with Gasteiger partial charge in [-0.2, -0.15) is 5.06 Å². The van der Waals surface area contributed by atoms with E-state index in [4.69, 9.17) is 5.21 Å². The SMILES string of the molecule is COC1C(C)C(=O)N(O)C(=O)C1(O)O. The molecule has 2 amide bonds. The molecule has 0 aliphatic carbocycles. The van der Waals surface area contributed by atoms with Gasteiger partial charge in [-0.15, -0.1) is 0 Å². The molecule has 14 heavy (non-hydrogen) atoms. The molecule has 1 saturated heterocycles. The first-order chi connectivity index (χ1) is 6.34. The highest BCUT2D eigenvalue weighted by Gasteiger charge is 2.56. The summed E-state index contributed by atoms with van der Waals surface area (Å²) < 4.78 is 4.63. The molecule has 7 heteroatoms. The third-order valence-corrected chi connectivity index (χ3v) is 2.21. The van der Waals surface area contributed by atoms with Gasteiger partial charge in [-0.25, -0.2) is 0 Å². The van der Waals surface area contributed by atoms with E-state index < -0.39 is 29.6 Å². The maximum atomic E-state index is 11.1. The van der Waals surface area contributed by atoms with Gasteiger partial charge in [0.15, 0.2) is 0 Å². The smallest absolute Gasteiger partial charge is 0.316 e. The normalized spacial score (nSPS) is 32.2. The van der Waals surface area contributed by atoms with E-state index in [1.807, 2.05) is 0 Å². The summed E-state index contributed by atoms with van der Waals surface area (Å²) in [6, 6.07) is 0. The first-order valence-corrected chi connectivity index (χ1v) is 3.88. The molecule has 1 rings (SSSR count). The molecule has 7 nitrogen and oxygen atoms in total. The summed E-state index contributed by atoms with van der Waals surface area (Å²) in [6.45, 7) is 1.31. The quantitative estimate of drug-likeness (QED) is 0.261. The van der Waals surface area contributed by atoms with Crippen LogP contribution in [0.1, 0.15) is 6.92 Å². The van der Waals surface area contributed by atoms with E-state index >= 15 is 0 Å². The van der Waals surface area contributed by atoms with Gasteiger partial charge in [0.05, 0.1) is 5.92 Å². The minimum atomic E-state index is -2.88. The zero-order valence-electron chi connectivity index (χ0n) is 7.67. The number of hydrogen-bond donors (Lipinski definition) is 3. The molecule has 2 atom stereocenters. The van der Waals surface area contributed by atoms with Gasteiger partial charge in [-0.3, -0.25) is 14.8 Å². The molecule has 0 aromatic rings. The van der Waals surface area contributed by atoms with Gasteiger partial charge in [0.1, 0.15) is 6.10 Å². The molecule has 1 aliphatic rings. The summed E-state index contributed by atoms with van der Waals surface area (Å²) in [5.41, 5.74) is 0. The fourth-order valence-electron chi connectivity index (χ4n) is 1.42. The third kappa shape index (κ3) is 1.30. The number of piperidine rings is 1. The Kier molecular flexibility index (Phi) is 2.59. The Hall–Kier alpha value is -1.02. The zero-order valence-corrected chi connectivity index (χ0v) is 7.67. The van der Waals surface area contributed by atoms with E-state index in [2.05, 4.69) is 4.74 Å². The molecule has 1 heterocycles. The number of methoxy groups -OCH3 is 1. The third-order valence-electron chi connectivity index (χ3n) is 2.21. The second-order valence-electron chi connectivity index (χ2n) is 3.13. The van der Waals surface area contributed by atoms with Crippen molar-refractivity contribution < 1.29 is 29.7 Å². The van der Waals surface area contributed by atoms with Gasteiger partial charge < -0.3 is 14.9 Å². The van der Waals surface area contributed by atoms with Crippen molar-refractivity contribution in [2.24, 2.45) is 5.92 Å². The van der Waals surface area contributed by atoms with E-state index in [9.17, 15) is 19.8 Å². The lowest BCUT2D eigenvalue weighted by Gasteiger charge is -2.38. The van der Waals surface area contributed by atoms with E-state index in [1.165, 1.54) is 6.92 Å². The number of hydroxylamine groups is 2. The van der Waals surface area contributed by atoms with Gasteiger partial charge in [0, 0.05) is 7.11 Å². The maximum Gasteiger partial charge on any atom is 0.316 e. The van der Waals surface area contributed by atoms with Crippen LogP contribution in [0.5, 0.6) is 0 Å². The summed E-state index contributed by atoms with van der Waals surface area (Å²) in [4.78, 5) is 22.2. The van der Waals surface area contributed by atoms with Gasteiger partial charge in [-0.05, 0) is 0 Å². The van der Waals surface area contributed by atoms with Crippen LogP contribution in [0.15, 0.2) is 0 Å². The molecule has 1 aliphatic heterocycles. The topological polar surface area (TPSA) is 107 Å². The predicted molar refractivity (Wildman–Crippen MR) is 40.8 cm³/mol. The summed E-state index contributed by atoms with van der Waals surface area (Å²) in [7, 11) is 1.13. The average molecular weight is 205 g/mol. The lowest BCUT2D eigenvalue weighted by molar-refractivity contribution is -0.274. The number of carbonyl (C=O) groups is 2. The maximum absolute atomic E-state index is 11.1. The highest BCUT2D eigenvalue weighted by Crippen LogP contribution is 2.27. The van der Waals surface area contributed by atoms with Crippen molar-refractivity contribution in [3.05, 3.63) is 0 Å². The number of rotatable bonds is 1. The van der Waals surface area contributed by atoms with Crippen molar-refractivity contribution in [3.63, 3.8) is 0 Å². The molecule has 2 unspecified atom stereocenters. The second-order valence-corrected chi connectivity index (χ2v) is 3.13. The first kappa shape index (κ1) is 11.1. The van der Waals surface area contributed by atoms with E-state index in [-0.39, 0.29) is 5.06 Å². The molecule has 3 N–H and O–H groups in total. The van der Waals surface area contributed by atoms with E-state index in [1.54, 1.807) is 0 Å². The van der Waals surface area contributed by atoms with Gasteiger partial charge in [0.2, 0.25) is 0 Å². The van der Waals surface area contributed by atoms with Crippen molar-refractivity contribution in [2.45, 2.75) is 18.8 Å². The monoisotopic (exact) mass is 205 g/mol. The lowest BCUT2D eigenvalue weighted by atomic mass is 9.91. The summed E-state index contributed by atoms with van der Waals surface area (Å²) in [6.07, 6.45) is -1.38. The number of hydrogen-bond acceptors (Lipinski definition) is 6. The average Bonchev–Trinajstić information content (AvgIpc) is 2.13. The summed E-state index contributed by atoms with van der Waals surface area (Å²) >= 11 is 0. The van der Waals surface area contributed by atoms with Crippen LogP contribution in [-0.2, 0) is 14.3 Å². The molecular weight excluding hydrogens is 194 g/mol. The molecule has 1 fully saturated rings. The number of ether oxygens (including phenoxy) is 1. The number of amides is 2. The van der Waals surface area contributed by atoms with Crippen LogP contribution in [0.3, 0.4) is 0 Å². The van der Waals surface area contributed by atoms with Crippen LogP contribution in [0, 0.1) is 5.92 Å². The van der Waals surface area contributed by atoms with Gasteiger partial charge >= 0.3 is 5.91 Å².